The number of rotatable bonds is 4. The minimum Gasteiger partial charge on any atom is -0.324 e. The van der Waals surface area contributed by atoms with E-state index < -0.39 is 10.0 Å². The van der Waals surface area contributed by atoms with Crippen LogP contribution < -0.4 is 10.5 Å². The average Bonchev–Trinajstić information content (AvgIpc) is 2.76. The third-order valence-electron chi connectivity index (χ3n) is 2.72. The van der Waals surface area contributed by atoms with Crippen molar-refractivity contribution < 1.29 is 8.42 Å². The van der Waals surface area contributed by atoms with Gasteiger partial charge >= 0.3 is 0 Å². The first-order valence-corrected chi connectivity index (χ1v) is 7.25. The summed E-state index contributed by atoms with van der Waals surface area (Å²) in [6.45, 7) is 1.84. The Hall–Kier alpha value is -1.86. The molecule has 19 heavy (non-hydrogen) atoms. The Morgan fingerprint density at radius 3 is 2.68 bits per heavy atom. The number of aromatic nitrogens is 2. The summed E-state index contributed by atoms with van der Waals surface area (Å²) in [7, 11) is -2.06. The monoisotopic (exact) mass is 280 g/mol. The van der Waals surface area contributed by atoms with Crippen LogP contribution in [0, 0.1) is 0 Å². The Morgan fingerprint density at radius 1 is 1.37 bits per heavy atom. The fourth-order valence-electron chi connectivity index (χ4n) is 1.72. The van der Waals surface area contributed by atoms with Gasteiger partial charge in [0.2, 0.25) is 0 Å². The van der Waals surface area contributed by atoms with Gasteiger partial charge in [0.05, 0.1) is 6.20 Å². The van der Waals surface area contributed by atoms with E-state index in [4.69, 9.17) is 5.73 Å². The number of hydrogen-bond acceptors (Lipinski definition) is 4. The molecule has 3 N–H and O–H groups in total. The van der Waals surface area contributed by atoms with Crippen LogP contribution in [0.2, 0.25) is 0 Å². The minimum atomic E-state index is -3.63. The molecule has 1 aromatic heterocycles. The molecular weight excluding hydrogens is 264 g/mol. The molecule has 7 heteroatoms. The first-order valence-electron chi connectivity index (χ1n) is 5.76. The molecule has 1 unspecified atom stereocenters. The molecule has 0 aliphatic heterocycles. The molecule has 2 aromatic rings. The predicted octanol–water partition coefficient (Wildman–Crippen LogP) is 1.24. The van der Waals surface area contributed by atoms with Gasteiger partial charge in [-0.2, -0.15) is 13.5 Å². The zero-order chi connectivity index (χ0) is 14.0. The second kappa shape index (κ2) is 5.02. The molecule has 0 spiro atoms. The van der Waals surface area contributed by atoms with Gasteiger partial charge in [0.1, 0.15) is 0 Å². The van der Waals surface area contributed by atoms with Crippen LogP contribution in [0.3, 0.4) is 0 Å². The molecule has 0 aliphatic rings. The zero-order valence-electron chi connectivity index (χ0n) is 10.7. The van der Waals surface area contributed by atoms with Crippen molar-refractivity contribution in [1.29, 1.82) is 0 Å². The van der Waals surface area contributed by atoms with Crippen LogP contribution in [0.25, 0.3) is 0 Å². The van der Waals surface area contributed by atoms with Crippen LogP contribution in [0.5, 0.6) is 0 Å². The summed E-state index contributed by atoms with van der Waals surface area (Å²) < 4.78 is 28.1. The molecular formula is C12H16N4O2S. The molecule has 0 bridgehead atoms. The van der Waals surface area contributed by atoms with Gasteiger partial charge in [-0.3, -0.25) is 9.40 Å². The van der Waals surface area contributed by atoms with Crippen LogP contribution in [-0.4, -0.2) is 18.2 Å². The maximum Gasteiger partial charge on any atom is 0.279 e. The van der Waals surface area contributed by atoms with Gasteiger partial charge in [-0.15, -0.1) is 0 Å². The van der Waals surface area contributed by atoms with Gasteiger partial charge in [0.25, 0.3) is 10.0 Å². The van der Waals surface area contributed by atoms with Crippen molar-refractivity contribution in [2.24, 2.45) is 12.8 Å². The van der Waals surface area contributed by atoms with E-state index in [0.717, 1.165) is 5.56 Å². The van der Waals surface area contributed by atoms with Gasteiger partial charge in [-0.05, 0) is 30.7 Å². The highest BCUT2D eigenvalue weighted by molar-refractivity contribution is 7.92. The molecule has 0 saturated heterocycles. The summed E-state index contributed by atoms with van der Waals surface area (Å²) in [6, 6.07) is 8.31. The lowest BCUT2D eigenvalue weighted by atomic mass is 10.1. The number of benzene rings is 1. The van der Waals surface area contributed by atoms with E-state index >= 15 is 0 Å². The van der Waals surface area contributed by atoms with Crippen LogP contribution in [-0.2, 0) is 17.1 Å². The summed E-state index contributed by atoms with van der Waals surface area (Å²) in [6.07, 6.45) is 1.44. The molecule has 0 fully saturated rings. The Bertz CT molecular complexity index is 677. The quantitative estimate of drug-likeness (QED) is 0.881. The average molecular weight is 280 g/mol. The fraction of sp³-hybridized carbons (Fsp3) is 0.250. The second-order valence-corrected chi connectivity index (χ2v) is 5.94. The van der Waals surface area contributed by atoms with Gasteiger partial charge in [-0.25, -0.2) is 0 Å². The van der Waals surface area contributed by atoms with Crippen molar-refractivity contribution >= 4 is 15.7 Å². The summed E-state index contributed by atoms with van der Waals surface area (Å²) >= 11 is 0. The van der Waals surface area contributed by atoms with Crippen molar-refractivity contribution in [3.05, 3.63) is 42.1 Å². The molecule has 0 radical (unpaired) electrons. The Balaban J connectivity index is 2.31. The molecule has 1 heterocycles. The molecule has 0 aliphatic carbocycles. The molecule has 1 atom stereocenters. The lowest BCUT2D eigenvalue weighted by Gasteiger charge is -2.11. The molecule has 0 amide bonds. The van der Waals surface area contributed by atoms with Gasteiger partial charge in [0, 0.05) is 18.8 Å². The molecule has 0 saturated carbocycles. The first-order chi connectivity index (χ1) is 8.90. The molecule has 2 rings (SSSR count). The topological polar surface area (TPSA) is 90.0 Å². The standard InChI is InChI=1S/C12H16N4O2S/c1-9(13)10-4-3-5-11(8-10)15-19(17,18)12-6-7-14-16(12)2/h3-9,15H,13H2,1-2H3. The highest BCUT2D eigenvalue weighted by atomic mass is 32.2. The number of nitrogens with two attached hydrogens (primary N) is 1. The molecule has 1 aromatic carbocycles. The maximum atomic E-state index is 12.2. The predicted molar refractivity (Wildman–Crippen MR) is 73.1 cm³/mol. The van der Waals surface area contributed by atoms with Crippen molar-refractivity contribution in [1.82, 2.24) is 9.78 Å². The van der Waals surface area contributed by atoms with E-state index in [-0.39, 0.29) is 11.1 Å². The van der Waals surface area contributed by atoms with Gasteiger partial charge in [-0.1, -0.05) is 12.1 Å². The normalized spacial score (nSPS) is 13.2. The first kappa shape index (κ1) is 13.6. The fourth-order valence-corrected chi connectivity index (χ4v) is 2.90. The van der Waals surface area contributed by atoms with E-state index in [1.54, 1.807) is 25.2 Å². The van der Waals surface area contributed by atoms with Gasteiger partial charge < -0.3 is 5.73 Å². The van der Waals surface area contributed by atoms with Crippen LogP contribution in [0.15, 0.2) is 41.6 Å². The Morgan fingerprint density at radius 2 is 2.11 bits per heavy atom. The number of anilines is 1. The van der Waals surface area contributed by atoms with Crippen LogP contribution in [0.4, 0.5) is 5.69 Å². The highest BCUT2D eigenvalue weighted by Crippen LogP contribution is 2.19. The number of aryl methyl sites for hydroxylation is 1. The molecule has 102 valence electrons. The number of sulfonamides is 1. The van der Waals surface area contributed by atoms with E-state index in [1.807, 2.05) is 13.0 Å². The third-order valence-corrected chi connectivity index (χ3v) is 4.17. The molecule has 6 nitrogen and oxygen atoms in total. The van der Waals surface area contributed by atoms with E-state index in [1.165, 1.54) is 16.9 Å². The SMILES string of the molecule is CC(N)c1cccc(NS(=O)(=O)c2ccnn2C)c1. The van der Waals surface area contributed by atoms with E-state index in [9.17, 15) is 8.42 Å². The maximum absolute atomic E-state index is 12.2. The summed E-state index contributed by atoms with van der Waals surface area (Å²) in [4.78, 5) is 0. The lowest BCUT2D eigenvalue weighted by molar-refractivity contribution is 0.582. The number of nitrogens with zero attached hydrogens (tertiary/aromatic N) is 2. The van der Waals surface area contributed by atoms with Crippen LogP contribution >= 0.6 is 0 Å². The van der Waals surface area contributed by atoms with E-state index in [2.05, 4.69) is 9.82 Å². The highest BCUT2D eigenvalue weighted by Gasteiger charge is 2.18. The summed E-state index contributed by atoms with van der Waals surface area (Å²) in [5.74, 6) is 0. The van der Waals surface area contributed by atoms with Crippen molar-refractivity contribution in [2.75, 3.05) is 4.72 Å². The summed E-state index contributed by atoms with van der Waals surface area (Å²) in [5.41, 5.74) is 7.12. The van der Waals surface area contributed by atoms with Crippen molar-refractivity contribution in [3.8, 4) is 0 Å². The van der Waals surface area contributed by atoms with Crippen molar-refractivity contribution in [3.63, 3.8) is 0 Å². The number of nitrogens with one attached hydrogen (secondary N) is 1. The summed E-state index contributed by atoms with van der Waals surface area (Å²) in [5, 5.41) is 3.96. The minimum absolute atomic E-state index is 0.110. The zero-order valence-corrected chi connectivity index (χ0v) is 11.6. The lowest BCUT2D eigenvalue weighted by Crippen LogP contribution is -2.17. The Labute approximate surface area is 112 Å². The van der Waals surface area contributed by atoms with Gasteiger partial charge in [0.15, 0.2) is 5.03 Å². The largest absolute Gasteiger partial charge is 0.324 e. The Kier molecular flexibility index (Phi) is 3.59. The van der Waals surface area contributed by atoms with Crippen LogP contribution in [0.1, 0.15) is 18.5 Å². The van der Waals surface area contributed by atoms with E-state index in [0.29, 0.717) is 5.69 Å². The van der Waals surface area contributed by atoms with Crippen molar-refractivity contribution in [2.45, 2.75) is 18.0 Å². The second-order valence-electron chi connectivity index (χ2n) is 4.31. The smallest absolute Gasteiger partial charge is 0.279 e. The third kappa shape index (κ3) is 2.94. The number of hydrogen-bond donors (Lipinski definition) is 2.